The zero-order valence-electron chi connectivity index (χ0n) is 7.80. The molecule has 2 nitrogen and oxygen atoms in total. The van der Waals surface area contributed by atoms with Gasteiger partial charge >= 0.3 is 0 Å². The van der Waals surface area contributed by atoms with Crippen LogP contribution in [-0.4, -0.2) is 21.7 Å². The quantitative estimate of drug-likeness (QED) is 0.504. The van der Waals surface area contributed by atoms with Crippen LogP contribution in [0.4, 0.5) is 0 Å². The van der Waals surface area contributed by atoms with Gasteiger partial charge in [-0.1, -0.05) is 0 Å². The molecule has 0 aromatic carbocycles. The van der Waals surface area contributed by atoms with Crippen molar-refractivity contribution in [1.82, 2.24) is 0 Å². The van der Waals surface area contributed by atoms with Crippen molar-refractivity contribution in [3.8, 4) is 0 Å². The van der Waals surface area contributed by atoms with Gasteiger partial charge < -0.3 is 9.16 Å². The fourth-order valence-electron chi connectivity index (χ4n) is 0.512. The molecule has 0 atom stereocenters. The van der Waals surface area contributed by atoms with Gasteiger partial charge in [-0.15, -0.1) is 11.8 Å². The van der Waals surface area contributed by atoms with E-state index in [2.05, 4.69) is 19.6 Å². The molecule has 0 aliphatic heterocycles. The standard InChI is InChI=1S/C7H16O2SSi/c1-8-7(6-10-2)9-11(3,4)5/h6H,1-5H3. The largest absolute Gasteiger partial charge is 0.519 e. The summed E-state index contributed by atoms with van der Waals surface area (Å²) in [6, 6.07) is 0. The fraction of sp³-hybridized carbons (Fsp3) is 0.714. The van der Waals surface area contributed by atoms with E-state index in [0.29, 0.717) is 5.95 Å². The SMILES string of the molecule is COC(=CSC)O[Si](C)(C)C. The first-order chi connectivity index (χ1) is 4.99. The summed E-state index contributed by atoms with van der Waals surface area (Å²) in [6.45, 7) is 6.38. The lowest BCUT2D eigenvalue weighted by atomic mass is 11.0. The zero-order valence-corrected chi connectivity index (χ0v) is 9.62. The predicted octanol–water partition coefficient (Wildman–Crippen LogP) is 2.65. The van der Waals surface area contributed by atoms with Gasteiger partial charge in [-0.2, -0.15) is 0 Å². The van der Waals surface area contributed by atoms with E-state index < -0.39 is 8.32 Å². The molecule has 0 aliphatic carbocycles. The van der Waals surface area contributed by atoms with Crippen molar-refractivity contribution < 1.29 is 9.16 Å². The highest BCUT2D eigenvalue weighted by Crippen LogP contribution is 2.13. The van der Waals surface area contributed by atoms with Crippen LogP contribution in [0.2, 0.25) is 19.6 Å². The van der Waals surface area contributed by atoms with E-state index in [1.54, 1.807) is 18.9 Å². The van der Waals surface area contributed by atoms with E-state index >= 15 is 0 Å². The average Bonchev–Trinajstić information content (AvgIpc) is 1.84. The summed E-state index contributed by atoms with van der Waals surface area (Å²) in [5.74, 6) is 0.636. The van der Waals surface area contributed by atoms with Gasteiger partial charge in [0.2, 0.25) is 8.32 Å². The molecule has 0 saturated carbocycles. The highest BCUT2D eigenvalue weighted by molar-refractivity contribution is 8.01. The van der Waals surface area contributed by atoms with Crippen molar-refractivity contribution in [2.24, 2.45) is 0 Å². The average molecular weight is 192 g/mol. The van der Waals surface area contributed by atoms with Gasteiger partial charge in [0.15, 0.2) is 0 Å². The van der Waals surface area contributed by atoms with Crippen LogP contribution in [0.3, 0.4) is 0 Å². The maximum atomic E-state index is 5.58. The molecular formula is C7H16O2SSi. The molecule has 0 bridgehead atoms. The van der Waals surface area contributed by atoms with Gasteiger partial charge in [-0.05, 0) is 25.9 Å². The van der Waals surface area contributed by atoms with Crippen LogP contribution >= 0.6 is 11.8 Å². The summed E-state index contributed by atoms with van der Waals surface area (Å²) < 4.78 is 10.6. The molecule has 0 spiro atoms. The second-order valence-corrected chi connectivity index (χ2v) is 8.23. The number of methoxy groups -OCH3 is 1. The van der Waals surface area contributed by atoms with Crippen LogP contribution in [0, 0.1) is 0 Å². The van der Waals surface area contributed by atoms with Crippen molar-refractivity contribution in [3.63, 3.8) is 0 Å². The molecule has 0 aromatic rings. The molecule has 0 fully saturated rings. The monoisotopic (exact) mass is 192 g/mol. The van der Waals surface area contributed by atoms with Crippen LogP contribution in [0.25, 0.3) is 0 Å². The molecule has 0 amide bonds. The molecule has 0 heterocycles. The van der Waals surface area contributed by atoms with E-state index in [4.69, 9.17) is 9.16 Å². The van der Waals surface area contributed by atoms with E-state index in [1.165, 1.54) is 0 Å². The van der Waals surface area contributed by atoms with E-state index in [1.807, 2.05) is 11.7 Å². The maximum absolute atomic E-state index is 5.58. The predicted molar refractivity (Wildman–Crippen MR) is 53.0 cm³/mol. The van der Waals surface area contributed by atoms with Crippen LogP contribution in [0.15, 0.2) is 11.4 Å². The third-order valence-corrected chi connectivity index (χ3v) is 2.06. The van der Waals surface area contributed by atoms with Crippen LogP contribution in [-0.2, 0) is 9.16 Å². The van der Waals surface area contributed by atoms with Crippen molar-refractivity contribution in [1.29, 1.82) is 0 Å². The van der Waals surface area contributed by atoms with Crippen LogP contribution in [0.1, 0.15) is 0 Å². The Hall–Kier alpha value is -0.0931. The lowest BCUT2D eigenvalue weighted by Crippen LogP contribution is -2.25. The molecule has 0 aromatic heterocycles. The Kier molecular flexibility index (Phi) is 4.68. The minimum atomic E-state index is -1.49. The molecule has 0 saturated heterocycles. The number of ether oxygens (including phenoxy) is 1. The summed E-state index contributed by atoms with van der Waals surface area (Å²) in [5, 5.41) is 1.87. The zero-order chi connectivity index (χ0) is 8.91. The van der Waals surface area contributed by atoms with E-state index in [0.717, 1.165) is 0 Å². The van der Waals surface area contributed by atoms with E-state index in [-0.39, 0.29) is 0 Å². The molecule has 11 heavy (non-hydrogen) atoms. The Morgan fingerprint density at radius 2 is 1.91 bits per heavy atom. The minimum absolute atomic E-state index is 0.636. The Morgan fingerprint density at radius 1 is 1.36 bits per heavy atom. The van der Waals surface area contributed by atoms with Gasteiger partial charge in [-0.3, -0.25) is 0 Å². The first kappa shape index (κ1) is 10.9. The number of hydrogen-bond acceptors (Lipinski definition) is 3. The molecule has 0 rings (SSSR count). The number of hydrogen-bond donors (Lipinski definition) is 0. The smallest absolute Gasteiger partial charge is 0.271 e. The normalized spacial score (nSPS) is 13.0. The number of thioether (sulfide) groups is 1. The van der Waals surface area contributed by atoms with Gasteiger partial charge in [0.05, 0.1) is 12.5 Å². The van der Waals surface area contributed by atoms with Crippen molar-refractivity contribution in [3.05, 3.63) is 11.4 Å². The minimum Gasteiger partial charge on any atom is -0.519 e. The summed E-state index contributed by atoms with van der Waals surface area (Å²) in [5.41, 5.74) is 0. The highest BCUT2D eigenvalue weighted by atomic mass is 32.2. The Bertz CT molecular complexity index is 140. The molecular weight excluding hydrogens is 176 g/mol. The molecule has 0 radical (unpaired) electrons. The van der Waals surface area contributed by atoms with Crippen molar-refractivity contribution in [2.75, 3.05) is 13.4 Å². The highest BCUT2D eigenvalue weighted by Gasteiger charge is 2.17. The first-order valence-electron chi connectivity index (χ1n) is 3.45. The summed E-state index contributed by atoms with van der Waals surface area (Å²) >= 11 is 1.59. The summed E-state index contributed by atoms with van der Waals surface area (Å²) in [6.07, 6.45) is 1.98. The molecule has 66 valence electrons. The van der Waals surface area contributed by atoms with Gasteiger partial charge in [0.25, 0.3) is 5.95 Å². The topological polar surface area (TPSA) is 18.5 Å². The second kappa shape index (κ2) is 4.72. The summed E-state index contributed by atoms with van der Waals surface area (Å²) in [4.78, 5) is 0. The van der Waals surface area contributed by atoms with Crippen LogP contribution in [0.5, 0.6) is 0 Å². The van der Waals surface area contributed by atoms with Crippen LogP contribution < -0.4 is 0 Å². The second-order valence-electron chi connectivity index (χ2n) is 3.09. The maximum Gasteiger partial charge on any atom is 0.271 e. The third-order valence-electron chi connectivity index (χ3n) is 0.822. The van der Waals surface area contributed by atoms with Gasteiger partial charge in [-0.25, -0.2) is 0 Å². The van der Waals surface area contributed by atoms with Gasteiger partial charge in [0.1, 0.15) is 0 Å². The Labute approximate surface area is 74.1 Å². The first-order valence-corrected chi connectivity index (χ1v) is 8.15. The van der Waals surface area contributed by atoms with Gasteiger partial charge in [0, 0.05) is 0 Å². The lowest BCUT2D eigenvalue weighted by Gasteiger charge is -2.19. The van der Waals surface area contributed by atoms with E-state index in [9.17, 15) is 0 Å². The molecule has 4 heteroatoms. The fourth-order valence-corrected chi connectivity index (χ4v) is 1.68. The number of rotatable bonds is 4. The van der Waals surface area contributed by atoms with Crippen molar-refractivity contribution >= 4 is 20.1 Å². The van der Waals surface area contributed by atoms with Crippen molar-refractivity contribution in [2.45, 2.75) is 19.6 Å². The Balaban J connectivity index is 3.99. The molecule has 0 aliphatic rings. The Morgan fingerprint density at radius 3 is 2.18 bits per heavy atom. The molecule has 0 N–H and O–H groups in total. The molecule has 0 unspecified atom stereocenters. The third kappa shape index (κ3) is 6.31. The summed E-state index contributed by atoms with van der Waals surface area (Å²) in [7, 11) is 0.142. The lowest BCUT2D eigenvalue weighted by molar-refractivity contribution is 0.148.